The van der Waals surface area contributed by atoms with E-state index in [2.05, 4.69) is 26.3 Å². The molecule has 0 aliphatic carbocycles. The van der Waals surface area contributed by atoms with Gasteiger partial charge in [0, 0.05) is 15.6 Å². The molecule has 0 unspecified atom stereocenters. The maximum atomic E-state index is 12.7. The first-order valence-electron chi connectivity index (χ1n) is 5.69. The highest BCUT2D eigenvalue weighted by molar-refractivity contribution is 9.10. The van der Waals surface area contributed by atoms with E-state index in [0.717, 1.165) is 6.07 Å². The van der Waals surface area contributed by atoms with Gasteiger partial charge in [-0.15, -0.1) is 0 Å². The standard InChI is InChI=1S/C12H9BrF3N3O2/c1-5-6(2)11(21)19(10(5)20)18-8-4-3-7(13)9(17-8)12(14,15)16/h3-4H,1-2H3,(H,17,18). The van der Waals surface area contributed by atoms with Crippen LogP contribution >= 0.6 is 15.9 Å². The molecular weight excluding hydrogens is 355 g/mol. The second-order valence-electron chi connectivity index (χ2n) is 4.33. The summed E-state index contributed by atoms with van der Waals surface area (Å²) in [7, 11) is 0. The highest BCUT2D eigenvalue weighted by Crippen LogP contribution is 2.34. The molecule has 1 aliphatic rings. The third-order valence-corrected chi connectivity index (χ3v) is 3.59. The Morgan fingerprint density at radius 2 is 1.67 bits per heavy atom. The first-order valence-corrected chi connectivity index (χ1v) is 6.49. The Bertz CT molecular complexity index is 646. The van der Waals surface area contributed by atoms with Crippen LogP contribution in [-0.2, 0) is 15.8 Å². The number of pyridine rings is 1. The first-order chi connectivity index (χ1) is 9.62. The van der Waals surface area contributed by atoms with Crippen molar-refractivity contribution in [3.05, 3.63) is 33.4 Å². The molecule has 21 heavy (non-hydrogen) atoms. The van der Waals surface area contributed by atoms with Crippen molar-refractivity contribution in [2.75, 3.05) is 5.43 Å². The summed E-state index contributed by atoms with van der Waals surface area (Å²) < 4.78 is 38.0. The minimum absolute atomic E-state index is 0.231. The summed E-state index contributed by atoms with van der Waals surface area (Å²) in [5, 5.41) is 0.640. The van der Waals surface area contributed by atoms with Crippen LogP contribution < -0.4 is 5.43 Å². The number of carbonyl (C=O) groups is 2. The monoisotopic (exact) mass is 363 g/mol. The van der Waals surface area contributed by atoms with Crippen molar-refractivity contribution < 1.29 is 22.8 Å². The van der Waals surface area contributed by atoms with Crippen LogP contribution in [0.3, 0.4) is 0 Å². The highest BCUT2D eigenvalue weighted by atomic mass is 79.9. The van der Waals surface area contributed by atoms with E-state index >= 15 is 0 Å². The number of hydrazine groups is 1. The third-order valence-electron chi connectivity index (χ3n) is 2.95. The van der Waals surface area contributed by atoms with Crippen LogP contribution in [0.1, 0.15) is 19.5 Å². The lowest BCUT2D eigenvalue weighted by atomic mass is 10.2. The number of imide groups is 1. The van der Waals surface area contributed by atoms with Crippen molar-refractivity contribution in [1.82, 2.24) is 9.99 Å². The van der Waals surface area contributed by atoms with Crippen molar-refractivity contribution in [1.29, 1.82) is 0 Å². The molecule has 0 atom stereocenters. The van der Waals surface area contributed by atoms with Crippen molar-refractivity contribution in [3.63, 3.8) is 0 Å². The molecule has 0 radical (unpaired) electrons. The largest absolute Gasteiger partial charge is 0.434 e. The second kappa shape index (κ2) is 5.14. The molecule has 5 nitrogen and oxygen atoms in total. The molecule has 112 valence electrons. The van der Waals surface area contributed by atoms with Crippen molar-refractivity contribution in [2.45, 2.75) is 20.0 Å². The number of rotatable bonds is 2. The van der Waals surface area contributed by atoms with Gasteiger partial charge in [0.25, 0.3) is 11.8 Å². The number of hydrogen-bond donors (Lipinski definition) is 1. The van der Waals surface area contributed by atoms with Crippen LogP contribution in [0.4, 0.5) is 19.0 Å². The Hall–Kier alpha value is -1.90. The van der Waals surface area contributed by atoms with Gasteiger partial charge < -0.3 is 0 Å². The van der Waals surface area contributed by atoms with E-state index in [1.807, 2.05) is 0 Å². The number of amides is 2. The van der Waals surface area contributed by atoms with Gasteiger partial charge in [-0.25, -0.2) is 4.98 Å². The fourth-order valence-electron chi connectivity index (χ4n) is 1.67. The smallest absolute Gasteiger partial charge is 0.271 e. The van der Waals surface area contributed by atoms with Gasteiger partial charge in [-0.1, -0.05) is 0 Å². The summed E-state index contributed by atoms with van der Waals surface area (Å²) in [6.45, 7) is 2.93. The lowest BCUT2D eigenvalue weighted by molar-refractivity contribution is -0.141. The van der Waals surface area contributed by atoms with Gasteiger partial charge in [-0.05, 0) is 41.9 Å². The zero-order valence-corrected chi connectivity index (χ0v) is 12.5. The van der Waals surface area contributed by atoms with E-state index in [-0.39, 0.29) is 21.4 Å². The van der Waals surface area contributed by atoms with Crippen LogP contribution in [0.5, 0.6) is 0 Å². The maximum Gasteiger partial charge on any atom is 0.434 e. The molecule has 1 aromatic rings. The molecule has 0 saturated carbocycles. The number of anilines is 1. The van der Waals surface area contributed by atoms with Gasteiger partial charge in [-0.3, -0.25) is 15.0 Å². The molecule has 2 rings (SSSR count). The van der Waals surface area contributed by atoms with Gasteiger partial charge in [0.1, 0.15) is 5.82 Å². The Morgan fingerprint density at radius 3 is 2.14 bits per heavy atom. The Balaban J connectivity index is 2.31. The van der Waals surface area contributed by atoms with Crippen LogP contribution in [0.2, 0.25) is 0 Å². The second-order valence-corrected chi connectivity index (χ2v) is 5.19. The first kappa shape index (κ1) is 15.5. The lowest BCUT2D eigenvalue weighted by Gasteiger charge is -2.18. The molecule has 1 aliphatic heterocycles. The molecule has 9 heteroatoms. The summed E-state index contributed by atoms with van der Waals surface area (Å²) in [6, 6.07) is 2.36. The van der Waals surface area contributed by atoms with E-state index in [4.69, 9.17) is 0 Å². The number of nitrogens with one attached hydrogen (secondary N) is 1. The highest BCUT2D eigenvalue weighted by Gasteiger charge is 2.37. The zero-order chi connectivity index (χ0) is 15.9. The van der Waals surface area contributed by atoms with Crippen molar-refractivity contribution in [2.24, 2.45) is 0 Å². The molecule has 0 bridgehead atoms. The van der Waals surface area contributed by atoms with E-state index in [1.165, 1.54) is 19.9 Å². The summed E-state index contributed by atoms with van der Waals surface area (Å²) in [6.07, 6.45) is -4.65. The number of aromatic nitrogens is 1. The van der Waals surface area contributed by atoms with E-state index in [0.29, 0.717) is 5.01 Å². The molecule has 0 spiro atoms. The predicted molar refractivity (Wildman–Crippen MR) is 70.8 cm³/mol. The SMILES string of the molecule is CC1=C(C)C(=O)N(Nc2ccc(Br)c(C(F)(F)F)n2)C1=O. The number of hydrogen-bond acceptors (Lipinski definition) is 4. The predicted octanol–water partition coefficient (Wildman–Crippen LogP) is 2.90. The fourth-order valence-corrected chi connectivity index (χ4v) is 2.11. The minimum atomic E-state index is -4.65. The van der Waals surface area contributed by atoms with E-state index < -0.39 is 23.7 Å². The summed E-state index contributed by atoms with van der Waals surface area (Å²) in [5.74, 6) is -1.48. The van der Waals surface area contributed by atoms with Gasteiger partial charge in [0.2, 0.25) is 0 Å². The number of nitrogens with zero attached hydrogens (tertiary/aromatic N) is 2. The molecule has 2 amide bonds. The molecule has 0 saturated heterocycles. The van der Waals surface area contributed by atoms with Gasteiger partial charge in [-0.2, -0.15) is 18.2 Å². The Labute approximate surface area is 125 Å². The van der Waals surface area contributed by atoms with Crippen molar-refractivity contribution in [3.8, 4) is 0 Å². The summed E-state index contributed by atoms with van der Waals surface area (Å²) in [5.41, 5.74) is 1.63. The topological polar surface area (TPSA) is 62.3 Å². The average Bonchev–Trinajstić information content (AvgIpc) is 2.57. The summed E-state index contributed by atoms with van der Waals surface area (Å²) in [4.78, 5) is 27.0. The van der Waals surface area contributed by atoms with Crippen molar-refractivity contribution >= 4 is 33.6 Å². The molecular formula is C12H9BrF3N3O2. The zero-order valence-electron chi connectivity index (χ0n) is 10.9. The van der Waals surface area contributed by atoms with E-state index in [1.54, 1.807) is 0 Å². The number of halogens is 4. The van der Waals surface area contributed by atoms with Crippen LogP contribution in [0.25, 0.3) is 0 Å². The average molecular weight is 364 g/mol. The van der Waals surface area contributed by atoms with Crippen LogP contribution in [0, 0.1) is 0 Å². The van der Waals surface area contributed by atoms with Gasteiger partial charge in [0.05, 0.1) is 0 Å². The quantitative estimate of drug-likeness (QED) is 0.820. The summed E-state index contributed by atoms with van der Waals surface area (Å²) >= 11 is 2.76. The molecule has 1 aromatic heterocycles. The molecule has 0 aromatic carbocycles. The normalized spacial score (nSPS) is 16.0. The Morgan fingerprint density at radius 1 is 1.14 bits per heavy atom. The molecule has 0 fully saturated rings. The number of carbonyl (C=O) groups excluding carboxylic acids is 2. The fraction of sp³-hybridized carbons (Fsp3) is 0.250. The van der Waals surface area contributed by atoms with Crippen LogP contribution in [-0.4, -0.2) is 21.8 Å². The van der Waals surface area contributed by atoms with Gasteiger partial charge >= 0.3 is 6.18 Å². The van der Waals surface area contributed by atoms with Crippen LogP contribution in [0.15, 0.2) is 27.8 Å². The number of alkyl halides is 3. The lowest BCUT2D eigenvalue weighted by Crippen LogP contribution is -2.37. The van der Waals surface area contributed by atoms with Gasteiger partial charge in [0.15, 0.2) is 5.69 Å². The third kappa shape index (κ3) is 2.78. The minimum Gasteiger partial charge on any atom is -0.271 e. The maximum absolute atomic E-state index is 12.7. The molecule has 2 heterocycles. The molecule has 1 N–H and O–H groups in total. The Kier molecular flexibility index (Phi) is 3.79. The van der Waals surface area contributed by atoms with E-state index in [9.17, 15) is 22.8 Å².